The molecule has 0 aliphatic carbocycles. The molecule has 2 heterocycles. The normalized spacial score (nSPS) is 15.4. The zero-order chi connectivity index (χ0) is 18.1. The van der Waals surface area contributed by atoms with Crippen LogP contribution in [0, 0.1) is 19.7 Å². The molecule has 25 heavy (non-hydrogen) atoms. The van der Waals surface area contributed by atoms with Crippen molar-refractivity contribution in [2.45, 2.75) is 32.7 Å². The summed E-state index contributed by atoms with van der Waals surface area (Å²) in [5.74, 6) is -1.58. The molecule has 7 heteroatoms. The van der Waals surface area contributed by atoms with Crippen LogP contribution in [0.25, 0.3) is 0 Å². The Morgan fingerprint density at radius 1 is 1.20 bits per heavy atom. The van der Waals surface area contributed by atoms with Crippen molar-refractivity contribution < 1.29 is 19.1 Å². The monoisotopic (exact) mass is 345 g/mol. The Morgan fingerprint density at radius 2 is 1.88 bits per heavy atom. The lowest BCUT2D eigenvalue weighted by Gasteiger charge is -2.32. The summed E-state index contributed by atoms with van der Waals surface area (Å²) in [6.45, 7) is 4.55. The molecule has 1 amide bonds. The summed E-state index contributed by atoms with van der Waals surface area (Å²) in [5.41, 5.74) is 1.90. The highest BCUT2D eigenvalue weighted by atomic mass is 19.1. The third-order valence-electron chi connectivity index (χ3n) is 4.66. The van der Waals surface area contributed by atoms with Gasteiger partial charge in [0.1, 0.15) is 11.4 Å². The van der Waals surface area contributed by atoms with Crippen LogP contribution < -0.4 is 0 Å². The Bertz CT molecular complexity index is 803. The summed E-state index contributed by atoms with van der Waals surface area (Å²) < 4.78 is 15.3. The predicted octanol–water partition coefficient (Wildman–Crippen LogP) is 2.81. The summed E-state index contributed by atoms with van der Waals surface area (Å²) in [6.07, 6.45) is 2.73. The van der Waals surface area contributed by atoms with Crippen LogP contribution >= 0.6 is 0 Å². The van der Waals surface area contributed by atoms with Gasteiger partial charge in [-0.1, -0.05) is 0 Å². The molecule has 1 aliphatic rings. The average molecular weight is 345 g/mol. The van der Waals surface area contributed by atoms with Gasteiger partial charge in [-0.3, -0.25) is 9.48 Å². The van der Waals surface area contributed by atoms with Crippen LogP contribution in [-0.2, 0) is 0 Å². The van der Waals surface area contributed by atoms with Crippen LogP contribution in [0.2, 0.25) is 0 Å². The van der Waals surface area contributed by atoms with E-state index in [4.69, 9.17) is 5.11 Å². The minimum atomic E-state index is -0.988. The van der Waals surface area contributed by atoms with Gasteiger partial charge in [0.25, 0.3) is 5.91 Å². The second-order valence-electron chi connectivity index (χ2n) is 6.43. The molecule has 0 spiro atoms. The van der Waals surface area contributed by atoms with Crippen molar-refractivity contribution in [1.82, 2.24) is 14.7 Å². The zero-order valence-electron chi connectivity index (χ0n) is 14.2. The molecule has 6 nitrogen and oxygen atoms in total. The van der Waals surface area contributed by atoms with Crippen LogP contribution in [0.3, 0.4) is 0 Å². The second kappa shape index (κ2) is 6.66. The first-order valence-electron chi connectivity index (χ1n) is 8.20. The van der Waals surface area contributed by atoms with Crippen molar-refractivity contribution >= 4 is 11.9 Å². The van der Waals surface area contributed by atoms with Gasteiger partial charge in [-0.05, 0) is 50.5 Å². The molecule has 1 aliphatic heterocycles. The number of rotatable bonds is 3. The Kier molecular flexibility index (Phi) is 4.57. The van der Waals surface area contributed by atoms with Gasteiger partial charge in [0.2, 0.25) is 0 Å². The van der Waals surface area contributed by atoms with Crippen molar-refractivity contribution in [1.29, 1.82) is 0 Å². The van der Waals surface area contributed by atoms with Gasteiger partial charge in [-0.25, -0.2) is 9.18 Å². The van der Waals surface area contributed by atoms with E-state index in [1.165, 1.54) is 18.3 Å². The summed E-state index contributed by atoms with van der Waals surface area (Å²) in [5, 5.41) is 13.3. The molecule has 0 bridgehead atoms. The van der Waals surface area contributed by atoms with E-state index in [-0.39, 0.29) is 17.5 Å². The summed E-state index contributed by atoms with van der Waals surface area (Å²) in [6, 6.07) is 4.40. The Labute approximate surface area is 144 Å². The number of carbonyl (C=O) groups excluding carboxylic acids is 1. The molecule has 132 valence electrons. The van der Waals surface area contributed by atoms with E-state index in [0.29, 0.717) is 42.8 Å². The number of carbonyl (C=O) groups is 2. The maximum Gasteiger partial charge on any atom is 0.339 e. The van der Waals surface area contributed by atoms with Crippen LogP contribution in [0.15, 0.2) is 24.4 Å². The van der Waals surface area contributed by atoms with Gasteiger partial charge >= 0.3 is 5.97 Å². The standard InChI is InChI=1S/C18H20FN3O3/c1-11-7-13(9-14(19)8-11)17(23)21-5-3-15(4-6-21)22-12(2)16(10-20-22)18(24)25/h7-10,15H,3-6H2,1-2H3,(H,24,25). The maximum absolute atomic E-state index is 13.5. The first-order valence-corrected chi connectivity index (χ1v) is 8.20. The molecule has 1 fully saturated rings. The number of nitrogens with zero attached hydrogens (tertiary/aromatic N) is 3. The van der Waals surface area contributed by atoms with E-state index in [1.54, 1.807) is 29.5 Å². The van der Waals surface area contributed by atoms with Crippen molar-refractivity contribution in [2.75, 3.05) is 13.1 Å². The lowest BCUT2D eigenvalue weighted by Crippen LogP contribution is -2.39. The average Bonchev–Trinajstić information content (AvgIpc) is 2.95. The van der Waals surface area contributed by atoms with Gasteiger partial charge in [0.05, 0.1) is 17.9 Å². The van der Waals surface area contributed by atoms with Crippen LogP contribution in [0.4, 0.5) is 4.39 Å². The largest absolute Gasteiger partial charge is 0.478 e. The predicted molar refractivity (Wildman–Crippen MR) is 89.2 cm³/mol. The summed E-state index contributed by atoms with van der Waals surface area (Å²) in [4.78, 5) is 25.4. The number of carboxylic acid groups (broad SMARTS) is 1. The molecule has 3 rings (SSSR count). The van der Waals surface area contributed by atoms with Crippen molar-refractivity contribution in [3.63, 3.8) is 0 Å². The molecule has 1 aromatic carbocycles. The number of amides is 1. The molecule has 1 aromatic heterocycles. The van der Waals surface area contributed by atoms with E-state index in [1.807, 2.05) is 0 Å². The SMILES string of the molecule is Cc1cc(F)cc(C(=O)N2CCC(n3ncc(C(=O)O)c3C)CC2)c1. The third kappa shape index (κ3) is 3.40. The molecule has 0 radical (unpaired) electrons. The first-order chi connectivity index (χ1) is 11.9. The molecule has 0 atom stereocenters. The number of piperidine rings is 1. The first kappa shape index (κ1) is 17.1. The number of aromatic nitrogens is 2. The van der Waals surface area contributed by atoms with Crippen LogP contribution in [0.1, 0.15) is 50.9 Å². The van der Waals surface area contributed by atoms with E-state index in [0.717, 1.165) is 0 Å². The van der Waals surface area contributed by atoms with Gasteiger partial charge in [-0.2, -0.15) is 5.10 Å². The fourth-order valence-corrected chi connectivity index (χ4v) is 3.36. The lowest BCUT2D eigenvalue weighted by molar-refractivity contribution is 0.0687. The van der Waals surface area contributed by atoms with Gasteiger partial charge in [0, 0.05) is 18.7 Å². The molecule has 1 N–H and O–H groups in total. The lowest BCUT2D eigenvalue weighted by atomic mass is 10.0. The molecular formula is C18H20FN3O3. The number of likely N-dealkylation sites (tertiary alicyclic amines) is 1. The molecule has 2 aromatic rings. The van der Waals surface area contributed by atoms with Crippen LogP contribution in [-0.4, -0.2) is 44.8 Å². The fourth-order valence-electron chi connectivity index (χ4n) is 3.36. The van der Waals surface area contributed by atoms with E-state index < -0.39 is 11.8 Å². The van der Waals surface area contributed by atoms with E-state index >= 15 is 0 Å². The fraction of sp³-hybridized carbons (Fsp3) is 0.389. The second-order valence-corrected chi connectivity index (χ2v) is 6.43. The highest BCUT2D eigenvalue weighted by Gasteiger charge is 2.27. The maximum atomic E-state index is 13.5. The number of hydrogen-bond acceptors (Lipinski definition) is 3. The Hall–Kier alpha value is -2.70. The molecule has 0 saturated carbocycles. The smallest absolute Gasteiger partial charge is 0.339 e. The van der Waals surface area contributed by atoms with Gasteiger partial charge in [-0.15, -0.1) is 0 Å². The summed E-state index contributed by atoms with van der Waals surface area (Å²) in [7, 11) is 0. The topological polar surface area (TPSA) is 75.4 Å². The molecule has 0 unspecified atom stereocenters. The number of aryl methyl sites for hydroxylation is 1. The number of hydrogen-bond donors (Lipinski definition) is 1. The minimum Gasteiger partial charge on any atom is -0.478 e. The van der Waals surface area contributed by atoms with Crippen molar-refractivity contribution in [2.24, 2.45) is 0 Å². The van der Waals surface area contributed by atoms with Crippen molar-refractivity contribution in [3.8, 4) is 0 Å². The highest BCUT2D eigenvalue weighted by Crippen LogP contribution is 2.25. The number of carboxylic acids is 1. The number of aromatic carboxylic acids is 1. The highest BCUT2D eigenvalue weighted by molar-refractivity contribution is 5.94. The Balaban J connectivity index is 1.69. The van der Waals surface area contributed by atoms with E-state index in [2.05, 4.69) is 5.10 Å². The number of benzene rings is 1. The van der Waals surface area contributed by atoms with Gasteiger partial charge < -0.3 is 10.0 Å². The minimum absolute atomic E-state index is 0.0615. The summed E-state index contributed by atoms with van der Waals surface area (Å²) >= 11 is 0. The molecular weight excluding hydrogens is 325 g/mol. The number of halogens is 1. The molecule has 1 saturated heterocycles. The zero-order valence-corrected chi connectivity index (χ0v) is 14.2. The Morgan fingerprint density at radius 3 is 2.44 bits per heavy atom. The van der Waals surface area contributed by atoms with Crippen LogP contribution in [0.5, 0.6) is 0 Å². The van der Waals surface area contributed by atoms with Gasteiger partial charge in [0.15, 0.2) is 0 Å². The quantitative estimate of drug-likeness (QED) is 0.928. The third-order valence-corrected chi connectivity index (χ3v) is 4.66. The van der Waals surface area contributed by atoms with Crippen molar-refractivity contribution in [3.05, 3.63) is 52.6 Å². The van der Waals surface area contributed by atoms with E-state index in [9.17, 15) is 14.0 Å².